The van der Waals surface area contributed by atoms with Crippen molar-refractivity contribution in [2.24, 2.45) is 0 Å². The van der Waals surface area contributed by atoms with E-state index < -0.39 is 6.04 Å². The minimum atomic E-state index is -0.502. The molecule has 0 saturated heterocycles. The number of halogens is 1. The smallest absolute Gasteiger partial charge is 0.242 e. The number of anilines is 1. The first-order chi connectivity index (χ1) is 8.54. The van der Waals surface area contributed by atoms with Gasteiger partial charge in [-0.3, -0.25) is 4.79 Å². The zero-order valence-corrected chi connectivity index (χ0v) is 10.9. The molecule has 1 unspecified atom stereocenters. The number of benzene rings is 1. The van der Waals surface area contributed by atoms with E-state index in [1.54, 1.807) is 26.2 Å². The van der Waals surface area contributed by atoms with Crippen molar-refractivity contribution < 1.29 is 13.9 Å². The number of hydrogen-bond donors (Lipinski definition) is 2. The Labute approximate surface area is 107 Å². The topological polar surface area (TPSA) is 50.4 Å². The molecule has 1 rings (SSSR count). The van der Waals surface area contributed by atoms with Crippen molar-refractivity contribution in [3.05, 3.63) is 29.6 Å². The molecule has 5 heteroatoms. The van der Waals surface area contributed by atoms with Crippen molar-refractivity contribution in [3.63, 3.8) is 0 Å². The third-order valence-electron chi connectivity index (χ3n) is 2.49. The van der Waals surface area contributed by atoms with Crippen LogP contribution in [0.5, 0.6) is 0 Å². The molecule has 0 heterocycles. The zero-order chi connectivity index (χ0) is 13.5. The summed E-state index contributed by atoms with van der Waals surface area (Å²) in [6.07, 6.45) is 0. The molecule has 1 aromatic carbocycles. The highest BCUT2D eigenvalue weighted by Crippen LogP contribution is 2.16. The molecule has 100 valence electrons. The van der Waals surface area contributed by atoms with E-state index in [1.807, 2.05) is 6.92 Å². The monoisotopic (exact) mass is 254 g/mol. The first-order valence-corrected chi connectivity index (χ1v) is 5.84. The van der Waals surface area contributed by atoms with Gasteiger partial charge in [0.25, 0.3) is 0 Å². The second-order valence-electron chi connectivity index (χ2n) is 4.13. The van der Waals surface area contributed by atoms with Gasteiger partial charge in [0.15, 0.2) is 0 Å². The first kappa shape index (κ1) is 14.4. The number of methoxy groups -OCH3 is 1. The van der Waals surface area contributed by atoms with Crippen molar-refractivity contribution in [2.45, 2.75) is 19.9 Å². The predicted molar refractivity (Wildman–Crippen MR) is 69.1 cm³/mol. The highest BCUT2D eigenvalue weighted by molar-refractivity contribution is 5.84. The van der Waals surface area contributed by atoms with Crippen LogP contribution in [0.25, 0.3) is 0 Å². The molecule has 0 saturated carbocycles. The van der Waals surface area contributed by atoms with Crippen molar-refractivity contribution in [1.29, 1.82) is 0 Å². The molecular weight excluding hydrogens is 235 g/mol. The van der Waals surface area contributed by atoms with Gasteiger partial charge >= 0.3 is 0 Å². The normalized spacial score (nSPS) is 12.0. The van der Waals surface area contributed by atoms with Crippen LogP contribution in [0.1, 0.15) is 12.5 Å². The molecule has 0 aliphatic carbocycles. The van der Waals surface area contributed by atoms with Crippen molar-refractivity contribution in [2.75, 3.05) is 25.6 Å². The van der Waals surface area contributed by atoms with Crippen LogP contribution in [0.15, 0.2) is 18.2 Å². The van der Waals surface area contributed by atoms with Gasteiger partial charge in [-0.25, -0.2) is 4.39 Å². The number of amides is 1. The molecule has 0 aromatic heterocycles. The molecule has 0 radical (unpaired) electrons. The fourth-order valence-corrected chi connectivity index (χ4v) is 1.48. The van der Waals surface area contributed by atoms with Crippen LogP contribution in [0.4, 0.5) is 10.1 Å². The van der Waals surface area contributed by atoms with Crippen LogP contribution in [0.3, 0.4) is 0 Å². The van der Waals surface area contributed by atoms with E-state index in [0.29, 0.717) is 18.8 Å². The van der Waals surface area contributed by atoms with E-state index >= 15 is 0 Å². The minimum Gasteiger partial charge on any atom is -0.383 e. The average molecular weight is 254 g/mol. The van der Waals surface area contributed by atoms with Crippen molar-refractivity contribution in [1.82, 2.24) is 5.32 Å². The number of aryl methyl sites for hydroxylation is 1. The van der Waals surface area contributed by atoms with E-state index in [9.17, 15) is 9.18 Å². The Bertz CT molecular complexity index is 410. The van der Waals surface area contributed by atoms with Crippen molar-refractivity contribution in [3.8, 4) is 0 Å². The molecule has 0 aliphatic rings. The van der Waals surface area contributed by atoms with E-state index in [2.05, 4.69) is 10.6 Å². The Morgan fingerprint density at radius 3 is 2.89 bits per heavy atom. The minimum absolute atomic E-state index is 0.187. The molecule has 0 bridgehead atoms. The lowest BCUT2D eigenvalue weighted by atomic mass is 10.2. The summed E-state index contributed by atoms with van der Waals surface area (Å²) in [4.78, 5) is 11.7. The Morgan fingerprint density at radius 2 is 2.22 bits per heavy atom. The molecule has 1 atom stereocenters. The number of carbonyl (C=O) groups is 1. The lowest BCUT2D eigenvalue weighted by molar-refractivity contribution is -0.121. The van der Waals surface area contributed by atoms with E-state index in [-0.39, 0.29) is 11.7 Å². The van der Waals surface area contributed by atoms with Crippen LogP contribution in [0.2, 0.25) is 0 Å². The van der Waals surface area contributed by atoms with Gasteiger partial charge in [-0.1, -0.05) is 6.07 Å². The maximum atomic E-state index is 13.5. The summed E-state index contributed by atoms with van der Waals surface area (Å²) in [5.41, 5.74) is 1.27. The Hall–Kier alpha value is -1.62. The van der Waals surface area contributed by atoms with Crippen LogP contribution in [0, 0.1) is 12.7 Å². The highest BCUT2D eigenvalue weighted by Gasteiger charge is 2.13. The van der Waals surface area contributed by atoms with E-state index in [1.165, 1.54) is 6.07 Å². The Kier molecular flexibility index (Phi) is 5.58. The molecule has 18 heavy (non-hydrogen) atoms. The molecule has 1 amide bonds. The first-order valence-electron chi connectivity index (χ1n) is 5.84. The second kappa shape index (κ2) is 6.96. The number of rotatable bonds is 6. The summed E-state index contributed by atoms with van der Waals surface area (Å²) in [5, 5.41) is 5.54. The molecular formula is C13H19FN2O2. The fourth-order valence-electron chi connectivity index (χ4n) is 1.48. The molecule has 1 aromatic rings. The molecule has 2 N–H and O–H groups in total. The number of hydrogen-bond acceptors (Lipinski definition) is 3. The Balaban J connectivity index is 2.55. The summed E-state index contributed by atoms with van der Waals surface area (Å²) in [6.45, 7) is 4.45. The largest absolute Gasteiger partial charge is 0.383 e. The van der Waals surface area contributed by atoms with Gasteiger partial charge in [0.05, 0.1) is 12.3 Å². The van der Waals surface area contributed by atoms with Crippen LogP contribution in [-0.2, 0) is 9.53 Å². The maximum absolute atomic E-state index is 13.5. The number of ether oxygens (including phenoxy) is 1. The van der Waals surface area contributed by atoms with Gasteiger partial charge < -0.3 is 15.4 Å². The van der Waals surface area contributed by atoms with Gasteiger partial charge in [-0.15, -0.1) is 0 Å². The van der Waals surface area contributed by atoms with E-state index in [4.69, 9.17) is 4.74 Å². The van der Waals surface area contributed by atoms with Gasteiger partial charge in [0, 0.05) is 13.7 Å². The summed E-state index contributed by atoms with van der Waals surface area (Å²) in [6, 6.07) is 4.24. The third-order valence-corrected chi connectivity index (χ3v) is 2.49. The van der Waals surface area contributed by atoms with Crippen LogP contribution in [-0.4, -0.2) is 32.2 Å². The lowest BCUT2D eigenvalue weighted by Gasteiger charge is -2.16. The van der Waals surface area contributed by atoms with Gasteiger partial charge in [0.2, 0.25) is 5.91 Å². The second-order valence-corrected chi connectivity index (χ2v) is 4.13. The fraction of sp³-hybridized carbons (Fsp3) is 0.462. The standard InChI is InChI=1S/C13H19FN2O2/c1-9-4-5-11(14)12(8-9)16-10(2)13(17)15-6-7-18-3/h4-5,8,10,16H,6-7H2,1-3H3,(H,15,17). The van der Waals surface area contributed by atoms with Gasteiger partial charge in [-0.2, -0.15) is 0 Å². The highest BCUT2D eigenvalue weighted by atomic mass is 19.1. The maximum Gasteiger partial charge on any atom is 0.242 e. The molecule has 0 spiro atoms. The average Bonchev–Trinajstić information content (AvgIpc) is 2.34. The van der Waals surface area contributed by atoms with Crippen LogP contribution >= 0.6 is 0 Å². The van der Waals surface area contributed by atoms with Gasteiger partial charge in [-0.05, 0) is 31.5 Å². The zero-order valence-electron chi connectivity index (χ0n) is 10.9. The Morgan fingerprint density at radius 1 is 1.50 bits per heavy atom. The number of carbonyl (C=O) groups excluding carboxylic acids is 1. The third kappa shape index (κ3) is 4.33. The molecule has 0 aliphatic heterocycles. The van der Waals surface area contributed by atoms with Gasteiger partial charge in [0.1, 0.15) is 11.9 Å². The summed E-state index contributed by atoms with van der Waals surface area (Å²) < 4.78 is 18.3. The number of nitrogens with one attached hydrogen (secondary N) is 2. The van der Waals surface area contributed by atoms with Crippen molar-refractivity contribution >= 4 is 11.6 Å². The lowest BCUT2D eigenvalue weighted by Crippen LogP contribution is -2.39. The van der Waals surface area contributed by atoms with Crippen LogP contribution < -0.4 is 10.6 Å². The predicted octanol–water partition coefficient (Wildman–Crippen LogP) is 1.70. The SMILES string of the molecule is COCCNC(=O)C(C)Nc1cc(C)ccc1F. The molecule has 4 nitrogen and oxygen atoms in total. The van der Waals surface area contributed by atoms with E-state index in [0.717, 1.165) is 5.56 Å². The quantitative estimate of drug-likeness (QED) is 0.760. The summed E-state index contributed by atoms with van der Waals surface area (Å²) >= 11 is 0. The summed E-state index contributed by atoms with van der Waals surface area (Å²) in [7, 11) is 1.57. The molecule has 0 fully saturated rings. The summed E-state index contributed by atoms with van der Waals surface area (Å²) in [5.74, 6) is -0.551.